The summed E-state index contributed by atoms with van der Waals surface area (Å²) >= 11 is 0. The third-order valence-electron chi connectivity index (χ3n) is 1.97. The summed E-state index contributed by atoms with van der Waals surface area (Å²) in [4.78, 5) is 0. The molecule has 1 aromatic carbocycles. The highest BCUT2D eigenvalue weighted by Crippen LogP contribution is 2.16. The predicted molar refractivity (Wildman–Crippen MR) is 55.2 cm³/mol. The molecule has 3 heteroatoms. The maximum absolute atomic E-state index is 13.1. The van der Waals surface area contributed by atoms with E-state index in [2.05, 4.69) is 5.32 Å². The summed E-state index contributed by atoms with van der Waals surface area (Å²) in [7, 11) is 1.86. The Morgan fingerprint density at radius 1 is 1.50 bits per heavy atom. The number of ether oxygens (including phenoxy) is 1. The molecule has 0 saturated heterocycles. The van der Waals surface area contributed by atoms with E-state index in [0.29, 0.717) is 11.3 Å². The van der Waals surface area contributed by atoms with E-state index in [9.17, 15) is 4.39 Å². The molecular weight excluding hydrogens is 181 g/mol. The summed E-state index contributed by atoms with van der Waals surface area (Å²) in [6.45, 7) is 4.42. The van der Waals surface area contributed by atoms with Crippen LogP contribution in [0.25, 0.3) is 0 Å². The van der Waals surface area contributed by atoms with Crippen LogP contribution in [0.4, 0.5) is 4.39 Å². The standard InChI is InChI=1S/C11H16FNO/c1-8-4-5-10(6-11(8)12)14-9(2)7-13-3/h4-6,9,13H,7H2,1-3H3. The molecule has 2 nitrogen and oxygen atoms in total. The van der Waals surface area contributed by atoms with Gasteiger partial charge in [-0.05, 0) is 32.5 Å². The molecule has 0 spiro atoms. The van der Waals surface area contributed by atoms with Crippen molar-refractivity contribution < 1.29 is 9.13 Å². The second-order valence-electron chi connectivity index (χ2n) is 3.40. The first kappa shape index (κ1) is 11.0. The summed E-state index contributed by atoms with van der Waals surface area (Å²) in [5, 5.41) is 2.99. The quantitative estimate of drug-likeness (QED) is 0.798. The minimum Gasteiger partial charge on any atom is -0.489 e. The van der Waals surface area contributed by atoms with Gasteiger partial charge in [0.2, 0.25) is 0 Å². The molecule has 0 heterocycles. The number of nitrogens with one attached hydrogen (secondary N) is 1. The van der Waals surface area contributed by atoms with Crippen molar-refractivity contribution in [2.45, 2.75) is 20.0 Å². The van der Waals surface area contributed by atoms with Crippen LogP contribution in [0.1, 0.15) is 12.5 Å². The van der Waals surface area contributed by atoms with E-state index >= 15 is 0 Å². The molecular formula is C11H16FNO. The van der Waals surface area contributed by atoms with E-state index < -0.39 is 0 Å². The first-order chi connectivity index (χ1) is 6.63. The molecule has 1 unspecified atom stereocenters. The van der Waals surface area contributed by atoms with Crippen LogP contribution in [0.15, 0.2) is 18.2 Å². The van der Waals surface area contributed by atoms with Gasteiger partial charge in [0, 0.05) is 12.6 Å². The van der Waals surface area contributed by atoms with E-state index in [0.717, 1.165) is 6.54 Å². The molecule has 0 fully saturated rings. The lowest BCUT2D eigenvalue weighted by Gasteiger charge is -2.14. The third kappa shape index (κ3) is 3.00. The van der Waals surface area contributed by atoms with Gasteiger partial charge in [-0.25, -0.2) is 4.39 Å². The topological polar surface area (TPSA) is 21.3 Å². The molecule has 0 radical (unpaired) electrons. The highest BCUT2D eigenvalue weighted by atomic mass is 19.1. The molecule has 0 saturated carbocycles. The average Bonchev–Trinajstić information content (AvgIpc) is 2.12. The molecule has 0 bridgehead atoms. The first-order valence-electron chi connectivity index (χ1n) is 4.71. The first-order valence-corrected chi connectivity index (χ1v) is 4.71. The number of rotatable bonds is 4. The van der Waals surface area contributed by atoms with Gasteiger partial charge >= 0.3 is 0 Å². The van der Waals surface area contributed by atoms with Crippen molar-refractivity contribution in [1.82, 2.24) is 5.32 Å². The number of halogens is 1. The smallest absolute Gasteiger partial charge is 0.129 e. The van der Waals surface area contributed by atoms with Gasteiger partial charge in [0.15, 0.2) is 0 Å². The Kier molecular flexibility index (Phi) is 3.89. The Morgan fingerprint density at radius 3 is 2.79 bits per heavy atom. The lowest BCUT2D eigenvalue weighted by molar-refractivity contribution is 0.219. The molecule has 78 valence electrons. The van der Waals surface area contributed by atoms with E-state index in [1.54, 1.807) is 19.1 Å². The van der Waals surface area contributed by atoms with Crippen molar-refractivity contribution in [3.05, 3.63) is 29.6 Å². The number of benzene rings is 1. The second-order valence-corrected chi connectivity index (χ2v) is 3.40. The van der Waals surface area contributed by atoms with Crippen molar-refractivity contribution in [2.24, 2.45) is 0 Å². The summed E-state index contributed by atoms with van der Waals surface area (Å²) in [5.74, 6) is 0.356. The molecule has 1 N–H and O–H groups in total. The summed E-state index contributed by atoms with van der Waals surface area (Å²) in [5.41, 5.74) is 0.638. The minimum absolute atomic E-state index is 0.0436. The van der Waals surface area contributed by atoms with Crippen molar-refractivity contribution in [2.75, 3.05) is 13.6 Å². The van der Waals surface area contributed by atoms with Crippen LogP contribution in [0, 0.1) is 12.7 Å². The van der Waals surface area contributed by atoms with Gasteiger partial charge in [-0.3, -0.25) is 0 Å². The number of likely N-dealkylation sites (N-methyl/N-ethyl adjacent to an activating group) is 1. The zero-order valence-electron chi connectivity index (χ0n) is 8.80. The summed E-state index contributed by atoms with van der Waals surface area (Å²) < 4.78 is 18.6. The lowest BCUT2D eigenvalue weighted by atomic mass is 10.2. The van der Waals surface area contributed by atoms with Gasteiger partial charge in [-0.2, -0.15) is 0 Å². The zero-order chi connectivity index (χ0) is 10.6. The van der Waals surface area contributed by atoms with E-state index in [1.165, 1.54) is 6.07 Å². The van der Waals surface area contributed by atoms with Gasteiger partial charge in [0.1, 0.15) is 17.7 Å². The van der Waals surface area contributed by atoms with Crippen LogP contribution in [0.2, 0.25) is 0 Å². The average molecular weight is 197 g/mol. The molecule has 1 atom stereocenters. The van der Waals surface area contributed by atoms with Crippen molar-refractivity contribution >= 4 is 0 Å². The third-order valence-corrected chi connectivity index (χ3v) is 1.97. The molecule has 1 aromatic rings. The highest BCUT2D eigenvalue weighted by Gasteiger charge is 2.04. The Balaban J connectivity index is 2.63. The van der Waals surface area contributed by atoms with Crippen LogP contribution < -0.4 is 10.1 Å². The van der Waals surface area contributed by atoms with E-state index in [4.69, 9.17) is 4.74 Å². The Labute approximate surface area is 84.1 Å². The van der Waals surface area contributed by atoms with E-state index in [-0.39, 0.29) is 11.9 Å². The Morgan fingerprint density at radius 2 is 2.21 bits per heavy atom. The van der Waals surface area contributed by atoms with E-state index in [1.807, 2.05) is 14.0 Å². The van der Waals surface area contributed by atoms with Crippen molar-refractivity contribution in [3.63, 3.8) is 0 Å². The van der Waals surface area contributed by atoms with Gasteiger partial charge in [-0.1, -0.05) is 6.07 Å². The predicted octanol–water partition coefficient (Wildman–Crippen LogP) is 2.12. The van der Waals surface area contributed by atoms with Crippen LogP contribution in [-0.4, -0.2) is 19.7 Å². The molecule has 0 aromatic heterocycles. The van der Waals surface area contributed by atoms with Gasteiger partial charge in [0.25, 0.3) is 0 Å². The normalized spacial score (nSPS) is 12.6. The number of hydrogen-bond donors (Lipinski definition) is 1. The molecule has 0 aliphatic heterocycles. The van der Waals surface area contributed by atoms with Gasteiger partial charge in [-0.15, -0.1) is 0 Å². The minimum atomic E-state index is -0.223. The summed E-state index contributed by atoms with van der Waals surface area (Å²) in [6, 6.07) is 4.92. The number of aryl methyl sites for hydroxylation is 1. The SMILES string of the molecule is CNCC(C)Oc1ccc(C)c(F)c1. The lowest BCUT2D eigenvalue weighted by Crippen LogP contribution is -2.26. The van der Waals surface area contributed by atoms with Crippen LogP contribution in [0.5, 0.6) is 5.75 Å². The fourth-order valence-corrected chi connectivity index (χ4v) is 1.21. The zero-order valence-corrected chi connectivity index (χ0v) is 8.80. The molecule has 14 heavy (non-hydrogen) atoms. The molecule has 0 aliphatic carbocycles. The Hall–Kier alpha value is -1.09. The van der Waals surface area contributed by atoms with Crippen LogP contribution >= 0.6 is 0 Å². The molecule has 1 rings (SSSR count). The van der Waals surface area contributed by atoms with Crippen LogP contribution in [0.3, 0.4) is 0 Å². The Bertz CT molecular complexity index is 301. The highest BCUT2D eigenvalue weighted by molar-refractivity contribution is 5.28. The van der Waals surface area contributed by atoms with Crippen molar-refractivity contribution in [1.29, 1.82) is 0 Å². The monoisotopic (exact) mass is 197 g/mol. The maximum Gasteiger partial charge on any atom is 0.129 e. The second kappa shape index (κ2) is 4.96. The maximum atomic E-state index is 13.1. The van der Waals surface area contributed by atoms with Crippen molar-refractivity contribution in [3.8, 4) is 5.75 Å². The summed E-state index contributed by atoms with van der Waals surface area (Å²) in [6.07, 6.45) is 0.0436. The largest absolute Gasteiger partial charge is 0.489 e. The fourth-order valence-electron chi connectivity index (χ4n) is 1.21. The van der Waals surface area contributed by atoms with Gasteiger partial charge < -0.3 is 10.1 Å². The van der Waals surface area contributed by atoms with Crippen LogP contribution in [-0.2, 0) is 0 Å². The number of hydrogen-bond acceptors (Lipinski definition) is 2. The molecule has 0 amide bonds. The molecule has 0 aliphatic rings. The van der Waals surface area contributed by atoms with Gasteiger partial charge in [0.05, 0.1) is 0 Å². The fraction of sp³-hybridized carbons (Fsp3) is 0.455.